The number of amides is 1. The van der Waals surface area contributed by atoms with E-state index in [1.54, 1.807) is 24.3 Å². The number of thiophene rings is 1. The van der Waals surface area contributed by atoms with Gasteiger partial charge in [0, 0.05) is 48.9 Å². The van der Waals surface area contributed by atoms with E-state index in [-0.39, 0.29) is 17.5 Å². The summed E-state index contributed by atoms with van der Waals surface area (Å²) in [6.07, 6.45) is 0. The lowest BCUT2D eigenvalue weighted by Crippen LogP contribution is -2.48. The molecule has 0 saturated carbocycles. The molecular formula is C23H21ClF2N2O2S. The minimum atomic E-state index is -0.312. The van der Waals surface area contributed by atoms with Crippen molar-refractivity contribution in [3.63, 3.8) is 0 Å². The van der Waals surface area contributed by atoms with Gasteiger partial charge in [-0.15, -0.1) is 11.3 Å². The quantitative estimate of drug-likeness (QED) is 0.503. The van der Waals surface area contributed by atoms with Gasteiger partial charge in [-0.1, -0.05) is 17.7 Å². The maximum Gasteiger partial charge on any atom is 0.264 e. The summed E-state index contributed by atoms with van der Waals surface area (Å²) in [4.78, 5) is 17.4. The van der Waals surface area contributed by atoms with E-state index in [0.29, 0.717) is 60.5 Å². The predicted molar refractivity (Wildman–Crippen MR) is 118 cm³/mol. The van der Waals surface area contributed by atoms with Crippen molar-refractivity contribution in [1.82, 2.24) is 9.80 Å². The van der Waals surface area contributed by atoms with Crippen molar-refractivity contribution in [3.8, 4) is 5.75 Å². The summed E-state index contributed by atoms with van der Waals surface area (Å²) < 4.78 is 32.6. The minimum absolute atomic E-state index is 0.0124. The fourth-order valence-corrected chi connectivity index (χ4v) is 4.52. The first-order chi connectivity index (χ1) is 15.0. The van der Waals surface area contributed by atoms with E-state index in [0.717, 1.165) is 5.56 Å². The summed E-state index contributed by atoms with van der Waals surface area (Å²) in [5.41, 5.74) is 1.39. The van der Waals surface area contributed by atoms with Gasteiger partial charge in [-0.25, -0.2) is 8.78 Å². The van der Waals surface area contributed by atoms with Gasteiger partial charge in [0.1, 0.15) is 24.0 Å². The van der Waals surface area contributed by atoms with Crippen LogP contribution in [0.25, 0.3) is 0 Å². The molecule has 2 aromatic carbocycles. The van der Waals surface area contributed by atoms with Crippen LogP contribution >= 0.6 is 22.9 Å². The average molecular weight is 463 g/mol. The van der Waals surface area contributed by atoms with E-state index in [2.05, 4.69) is 4.90 Å². The van der Waals surface area contributed by atoms with Crippen molar-refractivity contribution in [1.29, 1.82) is 0 Å². The first kappa shape index (κ1) is 21.7. The topological polar surface area (TPSA) is 32.8 Å². The van der Waals surface area contributed by atoms with E-state index in [9.17, 15) is 13.6 Å². The maximum absolute atomic E-state index is 14.0. The Morgan fingerprint density at radius 1 is 1.06 bits per heavy atom. The van der Waals surface area contributed by atoms with E-state index < -0.39 is 0 Å². The van der Waals surface area contributed by atoms with Gasteiger partial charge in [0.25, 0.3) is 5.91 Å². The van der Waals surface area contributed by atoms with Crippen LogP contribution in [-0.2, 0) is 13.2 Å². The zero-order valence-electron chi connectivity index (χ0n) is 16.7. The van der Waals surface area contributed by atoms with Crippen LogP contribution in [-0.4, -0.2) is 41.9 Å². The number of ether oxygens (including phenoxy) is 1. The maximum atomic E-state index is 14.0. The smallest absolute Gasteiger partial charge is 0.264 e. The highest BCUT2D eigenvalue weighted by Gasteiger charge is 2.24. The molecule has 4 rings (SSSR count). The lowest BCUT2D eigenvalue weighted by atomic mass is 10.1. The standard InChI is InChI=1S/C23H21ClF2N2O2S/c24-20-2-1-3-21(26)19(20)13-27-8-10-28(11-9-27)23(29)22-12-16(15-31-22)14-30-18-6-4-17(25)5-7-18/h1-7,12,15H,8-11,13-14H2. The second-order valence-electron chi connectivity index (χ2n) is 7.33. The first-order valence-electron chi connectivity index (χ1n) is 9.90. The summed E-state index contributed by atoms with van der Waals surface area (Å²) in [5, 5.41) is 2.32. The van der Waals surface area contributed by atoms with E-state index >= 15 is 0 Å². The van der Waals surface area contributed by atoms with Crippen LogP contribution in [0.5, 0.6) is 5.75 Å². The molecule has 0 unspecified atom stereocenters. The largest absolute Gasteiger partial charge is 0.489 e. The molecule has 4 nitrogen and oxygen atoms in total. The molecular weight excluding hydrogens is 442 g/mol. The molecule has 0 spiro atoms. The van der Waals surface area contributed by atoms with Crippen LogP contribution in [0, 0.1) is 11.6 Å². The van der Waals surface area contributed by atoms with Gasteiger partial charge < -0.3 is 9.64 Å². The van der Waals surface area contributed by atoms with E-state index in [1.807, 2.05) is 16.3 Å². The van der Waals surface area contributed by atoms with Crippen LogP contribution in [0.15, 0.2) is 53.9 Å². The van der Waals surface area contributed by atoms with Crippen molar-refractivity contribution in [2.45, 2.75) is 13.2 Å². The molecule has 1 aromatic heterocycles. The predicted octanol–water partition coefficient (Wildman–Crippen LogP) is 5.22. The Bertz CT molecular complexity index is 1030. The highest BCUT2D eigenvalue weighted by atomic mass is 35.5. The molecule has 0 bridgehead atoms. The number of nitrogens with zero attached hydrogens (tertiary/aromatic N) is 2. The molecule has 1 saturated heterocycles. The molecule has 8 heteroatoms. The lowest BCUT2D eigenvalue weighted by molar-refractivity contribution is 0.0631. The molecule has 162 valence electrons. The average Bonchev–Trinajstić information content (AvgIpc) is 3.25. The van der Waals surface area contributed by atoms with Gasteiger partial charge in [0.2, 0.25) is 0 Å². The van der Waals surface area contributed by atoms with Crippen LogP contribution in [0.3, 0.4) is 0 Å². The molecule has 0 radical (unpaired) electrons. The molecule has 1 aliphatic rings. The van der Waals surface area contributed by atoms with Gasteiger partial charge in [-0.3, -0.25) is 9.69 Å². The van der Waals surface area contributed by atoms with Crippen LogP contribution in [0.1, 0.15) is 20.8 Å². The summed E-state index contributed by atoms with van der Waals surface area (Å²) in [7, 11) is 0. The summed E-state index contributed by atoms with van der Waals surface area (Å²) in [5.74, 6) is -0.0546. The lowest BCUT2D eigenvalue weighted by Gasteiger charge is -2.34. The number of piperazine rings is 1. The van der Waals surface area contributed by atoms with Crippen molar-refractivity contribution in [2.75, 3.05) is 26.2 Å². The number of carbonyl (C=O) groups is 1. The third kappa shape index (κ3) is 5.42. The fraction of sp³-hybridized carbons (Fsp3) is 0.261. The summed E-state index contributed by atoms with van der Waals surface area (Å²) >= 11 is 7.51. The second kappa shape index (κ2) is 9.77. The van der Waals surface area contributed by atoms with E-state index in [4.69, 9.17) is 16.3 Å². The molecule has 0 aliphatic carbocycles. The van der Waals surface area contributed by atoms with Gasteiger partial charge in [0.15, 0.2) is 0 Å². The SMILES string of the molecule is O=C(c1cc(COc2ccc(F)cc2)cs1)N1CCN(Cc2c(F)cccc2Cl)CC1. The Morgan fingerprint density at radius 2 is 1.81 bits per heavy atom. The van der Waals surface area contributed by atoms with E-state index in [1.165, 1.54) is 29.5 Å². The van der Waals surface area contributed by atoms with Gasteiger partial charge in [-0.05, 0) is 47.8 Å². The number of carbonyl (C=O) groups excluding carboxylic acids is 1. The number of halogens is 3. The molecule has 1 aliphatic heterocycles. The van der Waals surface area contributed by atoms with Crippen LogP contribution < -0.4 is 4.74 Å². The van der Waals surface area contributed by atoms with Crippen molar-refractivity contribution >= 4 is 28.8 Å². The molecule has 31 heavy (non-hydrogen) atoms. The summed E-state index contributed by atoms with van der Waals surface area (Å²) in [6, 6.07) is 12.4. The third-order valence-corrected chi connectivity index (χ3v) is 6.51. The zero-order valence-corrected chi connectivity index (χ0v) is 18.3. The van der Waals surface area contributed by atoms with Crippen molar-refractivity contribution < 1.29 is 18.3 Å². The highest BCUT2D eigenvalue weighted by Crippen LogP contribution is 2.23. The van der Waals surface area contributed by atoms with Crippen LogP contribution in [0.2, 0.25) is 5.02 Å². The Morgan fingerprint density at radius 3 is 2.52 bits per heavy atom. The Balaban J connectivity index is 1.29. The third-order valence-electron chi connectivity index (χ3n) is 5.19. The molecule has 3 aromatic rings. The first-order valence-corrected chi connectivity index (χ1v) is 11.2. The highest BCUT2D eigenvalue weighted by molar-refractivity contribution is 7.12. The number of rotatable bonds is 6. The number of hydrogen-bond donors (Lipinski definition) is 0. The normalized spacial score (nSPS) is 14.6. The molecule has 2 heterocycles. The zero-order chi connectivity index (χ0) is 21.8. The fourth-order valence-electron chi connectivity index (χ4n) is 3.43. The van der Waals surface area contributed by atoms with Crippen molar-refractivity contribution in [3.05, 3.63) is 86.6 Å². The van der Waals surface area contributed by atoms with Gasteiger partial charge in [-0.2, -0.15) is 0 Å². The Kier molecular flexibility index (Phi) is 6.85. The molecule has 1 amide bonds. The summed E-state index contributed by atoms with van der Waals surface area (Å²) in [6.45, 7) is 3.20. The van der Waals surface area contributed by atoms with Gasteiger partial charge in [0.05, 0.1) is 4.88 Å². The number of benzene rings is 2. The molecule has 0 N–H and O–H groups in total. The second-order valence-corrected chi connectivity index (χ2v) is 8.65. The Labute approximate surface area is 188 Å². The van der Waals surface area contributed by atoms with Gasteiger partial charge >= 0.3 is 0 Å². The van der Waals surface area contributed by atoms with Crippen LogP contribution in [0.4, 0.5) is 8.78 Å². The van der Waals surface area contributed by atoms with Crippen molar-refractivity contribution in [2.24, 2.45) is 0 Å². The number of hydrogen-bond acceptors (Lipinski definition) is 4. The Hall–Kier alpha value is -2.48. The monoisotopic (exact) mass is 462 g/mol. The molecule has 0 atom stereocenters. The minimum Gasteiger partial charge on any atom is -0.489 e. The molecule has 1 fully saturated rings.